The van der Waals surface area contributed by atoms with Crippen LogP contribution in [-0.2, 0) is 0 Å². The van der Waals surface area contributed by atoms with Crippen molar-refractivity contribution in [3.63, 3.8) is 0 Å². The summed E-state index contributed by atoms with van der Waals surface area (Å²) in [6, 6.07) is 5.84. The lowest BCUT2D eigenvalue weighted by Gasteiger charge is -2.22. The zero-order valence-corrected chi connectivity index (χ0v) is 14.4. The van der Waals surface area contributed by atoms with Crippen LogP contribution in [0.2, 0.25) is 0 Å². The Labute approximate surface area is 136 Å². The molecule has 4 heteroatoms. The number of hydrogen-bond acceptors (Lipinski definition) is 1. The van der Waals surface area contributed by atoms with Gasteiger partial charge in [-0.1, -0.05) is 22.4 Å². The van der Waals surface area contributed by atoms with Gasteiger partial charge in [-0.25, -0.2) is 0 Å². The molecule has 1 amide bonds. The van der Waals surface area contributed by atoms with Gasteiger partial charge in [0.15, 0.2) is 0 Å². The van der Waals surface area contributed by atoms with E-state index in [1.807, 2.05) is 18.2 Å². The number of nitrogens with one attached hydrogen (secondary N) is 1. The molecule has 2 bridgehead atoms. The van der Waals surface area contributed by atoms with Crippen LogP contribution in [0.15, 0.2) is 22.7 Å². The van der Waals surface area contributed by atoms with Crippen molar-refractivity contribution in [1.29, 1.82) is 0 Å². The summed E-state index contributed by atoms with van der Waals surface area (Å²) in [4.78, 5) is 12.2. The highest BCUT2D eigenvalue weighted by Gasteiger charge is 2.39. The second-order valence-electron chi connectivity index (χ2n) is 5.77. The van der Waals surface area contributed by atoms with Crippen LogP contribution in [0.5, 0.6) is 0 Å². The predicted octanol–water partition coefficient (Wildman–Crippen LogP) is 4.22. The van der Waals surface area contributed by atoms with E-state index in [0.29, 0.717) is 5.92 Å². The second-order valence-corrected chi connectivity index (χ2v) is 7.85. The number of rotatable bonds is 3. The first-order valence-corrected chi connectivity index (χ1v) is 8.74. The number of hydrogen-bond donors (Lipinski definition) is 1. The highest BCUT2D eigenvalue weighted by atomic mass is 127. The lowest BCUT2D eigenvalue weighted by molar-refractivity contribution is 0.0941. The SMILES string of the molecule is O=C(NCC1CC2CCC1C2)c1cc(Br)ccc1I. The van der Waals surface area contributed by atoms with Crippen LogP contribution in [0, 0.1) is 21.3 Å². The number of carbonyl (C=O) groups excluding carboxylic acids is 1. The van der Waals surface area contributed by atoms with E-state index in [4.69, 9.17) is 0 Å². The summed E-state index contributed by atoms with van der Waals surface area (Å²) in [5.74, 6) is 2.59. The Morgan fingerprint density at radius 1 is 1.37 bits per heavy atom. The van der Waals surface area contributed by atoms with Gasteiger partial charge in [0.25, 0.3) is 5.91 Å². The third-order valence-electron chi connectivity index (χ3n) is 4.58. The number of carbonyl (C=O) groups is 1. The molecular formula is C15H17BrINO. The van der Waals surface area contributed by atoms with Crippen LogP contribution in [0.1, 0.15) is 36.0 Å². The van der Waals surface area contributed by atoms with Crippen molar-refractivity contribution in [3.8, 4) is 0 Å². The fourth-order valence-corrected chi connectivity index (χ4v) is 4.56. The summed E-state index contributed by atoms with van der Waals surface area (Å²) in [7, 11) is 0. The third kappa shape index (κ3) is 2.99. The molecule has 2 fully saturated rings. The molecule has 2 aliphatic rings. The van der Waals surface area contributed by atoms with Crippen molar-refractivity contribution in [2.24, 2.45) is 17.8 Å². The Kier molecular flexibility index (Phi) is 4.17. The largest absolute Gasteiger partial charge is 0.352 e. The molecule has 0 heterocycles. The van der Waals surface area contributed by atoms with E-state index in [1.165, 1.54) is 25.7 Å². The van der Waals surface area contributed by atoms with Crippen molar-refractivity contribution >= 4 is 44.4 Å². The molecule has 1 N–H and O–H groups in total. The van der Waals surface area contributed by atoms with Gasteiger partial charge in [0.2, 0.25) is 0 Å². The van der Waals surface area contributed by atoms with Gasteiger partial charge in [0, 0.05) is 14.6 Å². The molecule has 0 aromatic heterocycles. The molecule has 2 nitrogen and oxygen atoms in total. The van der Waals surface area contributed by atoms with Crippen molar-refractivity contribution < 1.29 is 4.79 Å². The second kappa shape index (κ2) is 5.72. The lowest BCUT2D eigenvalue weighted by Crippen LogP contribution is -2.32. The number of amides is 1. The van der Waals surface area contributed by atoms with Crippen LogP contribution in [0.4, 0.5) is 0 Å². The first-order chi connectivity index (χ1) is 9.13. The Balaban J connectivity index is 1.61. The number of halogens is 2. The Morgan fingerprint density at radius 2 is 2.21 bits per heavy atom. The van der Waals surface area contributed by atoms with Gasteiger partial charge in [-0.15, -0.1) is 0 Å². The van der Waals surface area contributed by atoms with Crippen LogP contribution >= 0.6 is 38.5 Å². The summed E-state index contributed by atoms with van der Waals surface area (Å²) in [6.07, 6.45) is 5.51. The highest BCUT2D eigenvalue weighted by molar-refractivity contribution is 14.1. The van der Waals surface area contributed by atoms with Gasteiger partial charge in [-0.2, -0.15) is 0 Å². The van der Waals surface area contributed by atoms with Gasteiger partial charge in [-0.05, 0) is 77.8 Å². The smallest absolute Gasteiger partial charge is 0.252 e. The Morgan fingerprint density at radius 3 is 2.89 bits per heavy atom. The van der Waals surface area contributed by atoms with Crippen molar-refractivity contribution in [1.82, 2.24) is 5.32 Å². The standard InChI is InChI=1S/C15H17BrINO/c16-12-3-4-14(17)13(7-12)15(19)18-8-11-6-9-1-2-10(11)5-9/h3-4,7,9-11H,1-2,5-6,8H2,(H,18,19). The van der Waals surface area contributed by atoms with Crippen LogP contribution in [0.3, 0.4) is 0 Å². The van der Waals surface area contributed by atoms with E-state index in [2.05, 4.69) is 43.8 Å². The maximum absolute atomic E-state index is 12.2. The average molecular weight is 434 g/mol. The summed E-state index contributed by atoms with van der Waals surface area (Å²) in [5, 5.41) is 3.13. The van der Waals surface area contributed by atoms with E-state index >= 15 is 0 Å². The third-order valence-corrected chi connectivity index (χ3v) is 6.02. The predicted molar refractivity (Wildman–Crippen MR) is 88.1 cm³/mol. The molecular weight excluding hydrogens is 417 g/mol. The van der Waals surface area contributed by atoms with E-state index < -0.39 is 0 Å². The quantitative estimate of drug-likeness (QED) is 0.710. The van der Waals surface area contributed by atoms with Crippen molar-refractivity contribution in [2.45, 2.75) is 25.7 Å². The normalized spacial score (nSPS) is 28.6. The van der Waals surface area contributed by atoms with Gasteiger partial charge in [0.1, 0.15) is 0 Å². The fraction of sp³-hybridized carbons (Fsp3) is 0.533. The molecule has 3 atom stereocenters. The zero-order valence-electron chi connectivity index (χ0n) is 10.7. The molecule has 102 valence electrons. The molecule has 3 rings (SSSR count). The molecule has 3 unspecified atom stereocenters. The minimum atomic E-state index is 0.0634. The van der Waals surface area contributed by atoms with Crippen LogP contribution < -0.4 is 5.32 Å². The summed E-state index contributed by atoms with van der Waals surface area (Å²) >= 11 is 5.64. The maximum Gasteiger partial charge on any atom is 0.252 e. The van der Waals surface area contributed by atoms with Crippen molar-refractivity contribution in [2.75, 3.05) is 6.54 Å². The number of fused-ring (bicyclic) bond motifs is 2. The Hall–Kier alpha value is -0.100. The molecule has 1 aromatic carbocycles. The van der Waals surface area contributed by atoms with E-state index in [9.17, 15) is 4.79 Å². The molecule has 0 saturated heterocycles. The van der Waals surface area contributed by atoms with Gasteiger partial charge >= 0.3 is 0 Å². The molecule has 0 radical (unpaired) electrons. The summed E-state index contributed by atoms with van der Waals surface area (Å²) in [6.45, 7) is 0.850. The topological polar surface area (TPSA) is 29.1 Å². The summed E-state index contributed by atoms with van der Waals surface area (Å²) < 4.78 is 1.96. The van der Waals surface area contributed by atoms with E-state index in [0.717, 1.165) is 32.0 Å². The number of benzene rings is 1. The minimum absolute atomic E-state index is 0.0634. The Bertz CT molecular complexity index is 505. The zero-order chi connectivity index (χ0) is 13.4. The molecule has 1 aromatic rings. The first-order valence-electron chi connectivity index (χ1n) is 6.86. The maximum atomic E-state index is 12.2. The molecule has 0 aliphatic heterocycles. The highest BCUT2D eigenvalue weighted by Crippen LogP contribution is 2.47. The van der Waals surface area contributed by atoms with Crippen LogP contribution in [-0.4, -0.2) is 12.5 Å². The van der Waals surface area contributed by atoms with Crippen molar-refractivity contribution in [3.05, 3.63) is 31.8 Å². The van der Waals surface area contributed by atoms with Crippen LogP contribution in [0.25, 0.3) is 0 Å². The van der Waals surface area contributed by atoms with E-state index in [1.54, 1.807) is 0 Å². The molecule has 2 saturated carbocycles. The van der Waals surface area contributed by atoms with Gasteiger partial charge in [-0.3, -0.25) is 4.79 Å². The fourth-order valence-electron chi connectivity index (χ4n) is 3.62. The van der Waals surface area contributed by atoms with E-state index in [-0.39, 0.29) is 5.91 Å². The molecule has 2 aliphatic carbocycles. The lowest BCUT2D eigenvalue weighted by atomic mass is 9.89. The van der Waals surface area contributed by atoms with Gasteiger partial charge < -0.3 is 5.32 Å². The monoisotopic (exact) mass is 433 g/mol. The minimum Gasteiger partial charge on any atom is -0.352 e. The first kappa shape index (κ1) is 13.9. The average Bonchev–Trinajstić information content (AvgIpc) is 3.01. The van der Waals surface area contributed by atoms with Gasteiger partial charge in [0.05, 0.1) is 5.56 Å². The summed E-state index contributed by atoms with van der Waals surface area (Å²) in [5.41, 5.74) is 0.776. The molecule has 0 spiro atoms. The molecule has 19 heavy (non-hydrogen) atoms.